The molecule has 0 aliphatic rings. The van der Waals surface area contributed by atoms with Gasteiger partial charge in [0.05, 0.1) is 0 Å². The summed E-state index contributed by atoms with van der Waals surface area (Å²) in [7, 11) is 0. The largest absolute Gasteiger partial charge is 0.398 e. The third-order valence-corrected chi connectivity index (χ3v) is 1.60. The van der Waals surface area contributed by atoms with E-state index >= 15 is 0 Å². The normalized spacial score (nSPS) is 9.55. The molecule has 0 spiro atoms. The molecule has 0 bridgehead atoms. The number of anilines is 1. The fraction of sp³-hybridized carbons (Fsp3) is 0.222. The standard InChI is InChI=1S/C9H11NO/c1-7-2-3-8(4-5-11)9(10)6-7/h2-3,5-6H,4,10H2,1H3. The molecule has 0 saturated carbocycles. The molecule has 2 N–H and O–H groups in total. The van der Waals surface area contributed by atoms with Crippen molar-refractivity contribution in [3.8, 4) is 0 Å². The highest BCUT2D eigenvalue weighted by molar-refractivity contribution is 5.61. The Balaban J connectivity index is 2.98. The van der Waals surface area contributed by atoms with Gasteiger partial charge in [-0.3, -0.25) is 0 Å². The Kier molecular flexibility index (Phi) is 2.26. The number of aryl methyl sites for hydroxylation is 1. The first kappa shape index (κ1) is 7.79. The van der Waals surface area contributed by atoms with Crippen molar-refractivity contribution < 1.29 is 4.79 Å². The van der Waals surface area contributed by atoms with Gasteiger partial charge < -0.3 is 10.5 Å². The van der Waals surface area contributed by atoms with Crippen LogP contribution in [-0.2, 0) is 11.2 Å². The Labute approximate surface area is 66.0 Å². The Bertz CT molecular complexity index is 268. The zero-order valence-corrected chi connectivity index (χ0v) is 6.50. The van der Waals surface area contributed by atoms with Crippen molar-refractivity contribution in [1.29, 1.82) is 0 Å². The highest BCUT2D eigenvalue weighted by Gasteiger charge is 1.96. The summed E-state index contributed by atoms with van der Waals surface area (Å²) in [4.78, 5) is 10.2. The first-order chi connectivity index (χ1) is 5.24. The van der Waals surface area contributed by atoms with E-state index in [0.29, 0.717) is 12.1 Å². The van der Waals surface area contributed by atoms with Crippen LogP contribution in [0.3, 0.4) is 0 Å². The molecule has 0 aromatic heterocycles. The summed E-state index contributed by atoms with van der Waals surface area (Å²) in [6.07, 6.45) is 1.27. The number of nitrogens with two attached hydrogens (primary N) is 1. The maximum absolute atomic E-state index is 10.2. The molecule has 0 heterocycles. The van der Waals surface area contributed by atoms with Crippen LogP contribution in [0.1, 0.15) is 11.1 Å². The predicted molar refractivity (Wildman–Crippen MR) is 45.4 cm³/mol. The first-order valence-electron chi connectivity index (χ1n) is 3.52. The lowest BCUT2D eigenvalue weighted by molar-refractivity contribution is -0.107. The molecular formula is C9H11NO. The molecule has 0 saturated heterocycles. The molecular weight excluding hydrogens is 138 g/mol. The highest BCUT2D eigenvalue weighted by atomic mass is 16.1. The molecule has 2 nitrogen and oxygen atoms in total. The molecule has 0 aliphatic carbocycles. The molecule has 0 unspecified atom stereocenters. The summed E-state index contributed by atoms with van der Waals surface area (Å²) in [6, 6.07) is 5.72. The Morgan fingerprint density at radius 1 is 1.55 bits per heavy atom. The van der Waals surface area contributed by atoms with Crippen LogP contribution >= 0.6 is 0 Å². The van der Waals surface area contributed by atoms with Crippen molar-refractivity contribution in [3.05, 3.63) is 29.3 Å². The van der Waals surface area contributed by atoms with E-state index in [1.807, 2.05) is 25.1 Å². The molecule has 0 aliphatic heterocycles. The molecule has 1 aromatic carbocycles. The number of nitrogen functional groups attached to an aromatic ring is 1. The van der Waals surface area contributed by atoms with Crippen molar-refractivity contribution in [2.24, 2.45) is 0 Å². The second kappa shape index (κ2) is 3.19. The van der Waals surface area contributed by atoms with E-state index in [0.717, 1.165) is 17.4 Å². The second-order valence-electron chi connectivity index (χ2n) is 2.57. The van der Waals surface area contributed by atoms with Gasteiger partial charge in [-0.2, -0.15) is 0 Å². The minimum absolute atomic E-state index is 0.409. The van der Waals surface area contributed by atoms with Crippen LogP contribution in [0.15, 0.2) is 18.2 Å². The lowest BCUT2D eigenvalue weighted by Gasteiger charge is -2.01. The van der Waals surface area contributed by atoms with E-state index in [1.165, 1.54) is 0 Å². The Hall–Kier alpha value is -1.31. The molecule has 2 heteroatoms. The number of hydrogen-bond acceptors (Lipinski definition) is 2. The van der Waals surface area contributed by atoms with Gasteiger partial charge in [0.1, 0.15) is 6.29 Å². The maximum Gasteiger partial charge on any atom is 0.124 e. The number of rotatable bonds is 2. The Morgan fingerprint density at radius 2 is 2.27 bits per heavy atom. The van der Waals surface area contributed by atoms with Gasteiger partial charge >= 0.3 is 0 Å². The molecule has 11 heavy (non-hydrogen) atoms. The molecule has 0 atom stereocenters. The molecule has 0 fully saturated rings. The van der Waals surface area contributed by atoms with Crippen molar-refractivity contribution in [1.82, 2.24) is 0 Å². The van der Waals surface area contributed by atoms with Gasteiger partial charge in [0.2, 0.25) is 0 Å². The molecule has 1 aromatic rings. The second-order valence-corrected chi connectivity index (χ2v) is 2.57. The van der Waals surface area contributed by atoms with Gasteiger partial charge in [0, 0.05) is 12.1 Å². The topological polar surface area (TPSA) is 43.1 Å². The number of carbonyl (C=O) groups excluding carboxylic acids is 1. The third-order valence-electron chi connectivity index (χ3n) is 1.60. The summed E-state index contributed by atoms with van der Waals surface area (Å²) in [5.74, 6) is 0. The zero-order valence-electron chi connectivity index (χ0n) is 6.50. The lowest BCUT2D eigenvalue weighted by atomic mass is 10.1. The molecule has 1 rings (SSSR count). The minimum Gasteiger partial charge on any atom is -0.398 e. The lowest BCUT2D eigenvalue weighted by Crippen LogP contribution is -1.95. The number of carbonyl (C=O) groups is 1. The van der Waals surface area contributed by atoms with Crippen LogP contribution in [0.4, 0.5) is 5.69 Å². The predicted octanol–water partition coefficient (Wildman–Crippen LogP) is 1.32. The maximum atomic E-state index is 10.2. The smallest absolute Gasteiger partial charge is 0.124 e. The fourth-order valence-electron chi connectivity index (χ4n) is 0.990. The first-order valence-corrected chi connectivity index (χ1v) is 3.52. The van der Waals surface area contributed by atoms with Gasteiger partial charge in [0.15, 0.2) is 0 Å². The van der Waals surface area contributed by atoms with Gasteiger partial charge in [0.25, 0.3) is 0 Å². The quantitative estimate of drug-likeness (QED) is 0.509. The fourth-order valence-corrected chi connectivity index (χ4v) is 0.990. The van der Waals surface area contributed by atoms with E-state index in [4.69, 9.17) is 5.73 Å². The van der Waals surface area contributed by atoms with Crippen LogP contribution in [0.5, 0.6) is 0 Å². The average molecular weight is 149 g/mol. The highest BCUT2D eigenvalue weighted by Crippen LogP contribution is 2.13. The van der Waals surface area contributed by atoms with Crippen molar-refractivity contribution >= 4 is 12.0 Å². The third kappa shape index (κ3) is 1.80. The summed E-state index contributed by atoms with van der Waals surface area (Å²) in [5.41, 5.74) is 8.38. The summed E-state index contributed by atoms with van der Waals surface area (Å²) < 4.78 is 0. The monoisotopic (exact) mass is 149 g/mol. The van der Waals surface area contributed by atoms with Crippen LogP contribution in [-0.4, -0.2) is 6.29 Å². The Morgan fingerprint density at radius 3 is 2.82 bits per heavy atom. The molecule has 0 amide bonds. The van der Waals surface area contributed by atoms with E-state index in [1.54, 1.807) is 0 Å². The summed E-state index contributed by atoms with van der Waals surface area (Å²) in [6.45, 7) is 1.97. The van der Waals surface area contributed by atoms with Gasteiger partial charge in [-0.25, -0.2) is 0 Å². The summed E-state index contributed by atoms with van der Waals surface area (Å²) >= 11 is 0. The van der Waals surface area contributed by atoms with E-state index in [-0.39, 0.29) is 0 Å². The summed E-state index contributed by atoms with van der Waals surface area (Å²) in [5, 5.41) is 0. The van der Waals surface area contributed by atoms with E-state index in [2.05, 4.69) is 0 Å². The number of hydrogen-bond donors (Lipinski definition) is 1. The SMILES string of the molecule is Cc1ccc(CC=O)c(N)c1. The molecule has 58 valence electrons. The minimum atomic E-state index is 0.409. The number of aldehydes is 1. The van der Waals surface area contributed by atoms with Crippen LogP contribution in [0.25, 0.3) is 0 Å². The van der Waals surface area contributed by atoms with Crippen LogP contribution in [0, 0.1) is 6.92 Å². The van der Waals surface area contributed by atoms with Crippen LogP contribution in [0.2, 0.25) is 0 Å². The van der Waals surface area contributed by atoms with Crippen molar-refractivity contribution in [2.45, 2.75) is 13.3 Å². The average Bonchev–Trinajstić information content (AvgIpc) is 1.95. The van der Waals surface area contributed by atoms with Gasteiger partial charge in [-0.1, -0.05) is 12.1 Å². The van der Waals surface area contributed by atoms with Gasteiger partial charge in [-0.05, 0) is 24.1 Å². The van der Waals surface area contributed by atoms with E-state index in [9.17, 15) is 4.79 Å². The van der Waals surface area contributed by atoms with E-state index < -0.39 is 0 Å². The molecule has 0 radical (unpaired) electrons. The van der Waals surface area contributed by atoms with Crippen molar-refractivity contribution in [2.75, 3.05) is 5.73 Å². The zero-order chi connectivity index (χ0) is 8.27. The van der Waals surface area contributed by atoms with Crippen LogP contribution < -0.4 is 5.73 Å². The van der Waals surface area contributed by atoms with Gasteiger partial charge in [-0.15, -0.1) is 0 Å². The number of benzene rings is 1. The van der Waals surface area contributed by atoms with Crippen molar-refractivity contribution in [3.63, 3.8) is 0 Å².